The minimum absolute atomic E-state index is 0.0602. The van der Waals surface area contributed by atoms with E-state index in [0.717, 1.165) is 69.6 Å². The number of rotatable bonds is 10. The monoisotopic (exact) mass is 404 g/mol. The summed E-state index contributed by atoms with van der Waals surface area (Å²) in [6, 6.07) is 8.00. The van der Waals surface area contributed by atoms with E-state index in [2.05, 4.69) is 4.90 Å². The molecule has 0 bridgehead atoms. The lowest BCUT2D eigenvalue weighted by atomic mass is 10.2. The van der Waals surface area contributed by atoms with Crippen LogP contribution < -0.4 is 5.69 Å². The summed E-state index contributed by atoms with van der Waals surface area (Å²) >= 11 is 0. The van der Waals surface area contributed by atoms with E-state index in [1.54, 1.807) is 7.05 Å². The Morgan fingerprint density at radius 2 is 1.62 bits per heavy atom. The van der Waals surface area contributed by atoms with Crippen molar-refractivity contribution in [2.24, 2.45) is 0 Å². The zero-order valence-electron chi connectivity index (χ0n) is 17.3. The van der Waals surface area contributed by atoms with Crippen LogP contribution in [0.5, 0.6) is 0 Å². The number of hydrogen-bond donors (Lipinski definition) is 1. The van der Waals surface area contributed by atoms with Crippen LogP contribution in [0.2, 0.25) is 0 Å². The summed E-state index contributed by atoms with van der Waals surface area (Å²) in [6.07, 6.45) is 2.81. The first-order chi connectivity index (χ1) is 14.1. The quantitative estimate of drug-likeness (QED) is 0.615. The Balaban J connectivity index is 1.57. The second-order valence-corrected chi connectivity index (χ2v) is 7.65. The van der Waals surface area contributed by atoms with Crippen LogP contribution in [0.25, 0.3) is 11.0 Å². The second kappa shape index (κ2) is 10.5. The lowest BCUT2D eigenvalue weighted by Gasteiger charge is -2.26. The van der Waals surface area contributed by atoms with E-state index >= 15 is 0 Å². The minimum Gasteiger partial charge on any atom is -0.465 e. The van der Waals surface area contributed by atoms with E-state index in [1.165, 1.54) is 4.90 Å². The minimum atomic E-state index is -0.888. The highest BCUT2D eigenvalue weighted by Crippen LogP contribution is 2.14. The van der Waals surface area contributed by atoms with E-state index in [0.29, 0.717) is 19.6 Å². The van der Waals surface area contributed by atoms with Gasteiger partial charge < -0.3 is 14.7 Å². The number of fused-ring (bicyclic) bond motifs is 1. The van der Waals surface area contributed by atoms with Crippen molar-refractivity contribution in [2.75, 3.05) is 46.4 Å². The van der Waals surface area contributed by atoms with Gasteiger partial charge in [-0.2, -0.15) is 0 Å². The highest BCUT2D eigenvalue weighted by molar-refractivity contribution is 5.76. The molecule has 1 aromatic heterocycles. The van der Waals surface area contributed by atoms with Gasteiger partial charge in [-0.05, 0) is 25.0 Å². The van der Waals surface area contributed by atoms with Gasteiger partial charge in [0.2, 0.25) is 0 Å². The molecule has 2 aromatic rings. The number of benzene rings is 1. The van der Waals surface area contributed by atoms with E-state index in [4.69, 9.17) is 9.84 Å². The first kappa shape index (κ1) is 21.4. The maximum absolute atomic E-state index is 13.1. The van der Waals surface area contributed by atoms with Crippen LogP contribution in [0.1, 0.15) is 25.7 Å². The number of carbonyl (C=O) groups is 1. The average Bonchev–Trinajstić information content (AvgIpc) is 3.00. The van der Waals surface area contributed by atoms with Crippen molar-refractivity contribution >= 4 is 17.1 Å². The Morgan fingerprint density at radius 1 is 1.00 bits per heavy atom. The average molecular weight is 405 g/mol. The number of aryl methyl sites for hydroxylation is 1. The molecule has 8 nitrogen and oxygen atoms in total. The molecular formula is C21H32N4O4. The molecule has 0 spiro atoms. The molecule has 8 heteroatoms. The van der Waals surface area contributed by atoms with Crippen molar-refractivity contribution in [1.82, 2.24) is 18.9 Å². The van der Waals surface area contributed by atoms with Gasteiger partial charge in [-0.3, -0.25) is 14.0 Å². The standard InChI is InChI=1S/C21H32N4O4/c1-22(21(27)28)10-6-2-3-7-11-24-18-8-4-5-9-19(18)25(20(24)26)13-12-23-14-16-29-17-15-23/h4-5,8-9H,2-3,6-7,10-17H2,1H3,(H,27,28). The number of ether oxygens (including phenoxy) is 1. The molecule has 3 rings (SSSR count). The van der Waals surface area contributed by atoms with Crippen LogP contribution in [0, 0.1) is 0 Å². The van der Waals surface area contributed by atoms with E-state index in [9.17, 15) is 9.59 Å². The van der Waals surface area contributed by atoms with Crippen LogP contribution in [0.3, 0.4) is 0 Å². The third-order valence-corrected chi connectivity index (χ3v) is 5.62. The highest BCUT2D eigenvalue weighted by atomic mass is 16.5. The fraction of sp³-hybridized carbons (Fsp3) is 0.619. The predicted molar refractivity (Wildman–Crippen MR) is 113 cm³/mol. The molecule has 1 amide bonds. The Kier molecular flexibility index (Phi) is 7.71. The SMILES string of the molecule is CN(CCCCCCn1c(=O)n(CCN2CCOCC2)c2ccccc21)C(=O)O. The Bertz CT molecular complexity index is 854. The lowest BCUT2D eigenvalue weighted by Crippen LogP contribution is -2.39. The molecule has 0 radical (unpaired) electrons. The van der Waals surface area contributed by atoms with Crippen LogP contribution in [-0.2, 0) is 17.8 Å². The molecule has 0 aliphatic carbocycles. The molecule has 160 valence electrons. The van der Waals surface area contributed by atoms with Crippen LogP contribution >= 0.6 is 0 Å². The van der Waals surface area contributed by atoms with E-state index in [1.807, 2.05) is 33.4 Å². The maximum atomic E-state index is 13.1. The van der Waals surface area contributed by atoms with Crippen molar-refractivity contribution in [2.45, 2.75) is 38.8 Å². The smallest absolute Gasteiger partial charge is 0.407 e. The third kappa shape index (κ3) is 5.61. The topological polar surface area (TPSA) is 79.9 Å². The molecule has 1 aromatic carbocycles. The first-order valence-electron chi connectivity index (χ1n) is 10.5. The second-order valence-electron chi connectivity index (χ2n) is 7.65. The van der Waals surface area contributed by atoms with Gasteiger partial charge in [0, 0.05) is 46.3 Å². The van der Waals surface area contributed by atoms with Crippen molar-refractivity contribution in [3.8, 4) is 0 Å². The number of amides is 1. The zero-order valence-corrected chi connectivity index (χ0v) is 17.3. The number of aromatic nitrogens is 2. The van der Waals surface area contributed by atoms with Gasteiger partial charge >= 0.3 is 11.8 Å². The van der Waals surface area contributed by atoms with E-state index < -0.39 is 6.09 Å². The van der Waals surface area contributed by atoms with Gasteiger partial charge in [-0.25, -0.2) is 9.59 Å². The Hall–Kier alpha value is -2.32. The van der Waals surface area contributed by atoms with Gasteiger partial charge in [0.25, 0.3) is 0 Å². The summed E-state index contributed by atoms with van der Waals surface area (Å²) < 4.78 is 9.18. The number of hydrogen-bond acceptors (Lipinski definition) is 4. The summed E-state index contributed by atoms with van der Waals surface area (Å²) in [6.45, 7) is 6.16. The molecule has 0 atom stereocenters. The summed E-state index contributed by atoms with van der Waals surface area (Å²) in [5, 5.41) is 8.87. The van der Waals surface area contributed by atoms with Gasteiger partial charge in [0.05, 0.1) is 24.2 Å². The normalized spacial score (nSPS) is 15.1. The molecule has 0 unspecified atom stereocenters. The van der Waals surface area contributed by atoms with Crippen LogP contribution in [0.15, 0.2) is 29.1 Å². The molecule has 29 heavy (non-hydrogen) atoms. The maximum Gasteiger partial charge on any atom is 0.407 e. The van der Waals surface area contributed by atoms with Gasteiger partial charge in [0.15, 0.2) is 0 Å². The molecule has 1 aliphatic rings. The number of nitrogens with zero attached hydrogens (tertiary/aromatic N) is 4. The molecule has 1 aliphatic heterocycles. The number of morpholine rings is 1. The van der Waals surface area contributed by atoms with Gasteiger partial charge in [-0.15, -0.1) is 0 Å². The number of para-hydroxylation sites is 2. The van der Waals surface area contributed by atoms with Crippen molar-refractivity contribution in [1.29, 1.82) is 0 Å². The fourth-order valence-electron chi connectivity index (χ4n) is 3.84. The van der Waals surface area contributed by atoms with Gasteiger partial charge in [0.1, 0.15) is 0 Å². The lowest BCUT2D eigenvalue weighted by molar-refractivity contribution is 0.0364. The molecule has 1 saturated heterocycles. The summed E-state index contributed by atoms with van der Waals surface area (Å²) in [7, 11) is 1.59. The Morgan fingerprint density at radius 3 is 2.28 bits per heavy atom. The first-order valence-corrected chi connectivity index (χ1v) is 10.5. The summed E-state index contributed by atoms with van der Waals surface area (Å²) in [5.41, 5.74) is 2.05. The molecule has 1 N–H and O–H groups in total. The largest absolute Gasteiger partial charge is 0.465 e. The van der Waals surface area contributed by atoms with E-state index in [-0.39, 0.29) is 5.69 Å². The number of imidazole rings is 1. The molecule has 0 saturated carbocycles. The molecule has 1 fully saturated rings. The third-order valence-electron chi connectivity index (χ3n) is 5.62. The molecular weight excluding hydrogens is 372 g/mol. The van der Waals surface area contributed by atoms with Crippen LogP contribution in [-0.4, -0.2) is 76.6 Å². The van der Waals surface area contributed by atoms with Gasteiger partial charge in [-0.1, -0.05) is 25.0 Å². The zero-order chi connectivity index (χ0) is 20.6. The molecule has 2 heterocycles. The van der Waals surface area contributed by atoms with Crippen molar-refractivity contribution in [3.05, 3.63) is 34.7 Å². The summed E-state index contributed by atoms with van der Waals surface area (Å²) in [4.78, 5) is 27.5. The number of carboxylic acid groups (broad SMARTS) is 1. The van der Waals surface area contributed by atoms with Crippen molar-refractivity contribution in [3.63, 3.8) is 0 Å². The number of unbranched alkanes of at least 4 members (excludes halogenated alkanes) is 3. The fourth-order valence-corrected chi connectivity index (χ4v) is 3.84. The van der Waals surface area contributed by atoms with Crippen LogP contribution in [0.4, 0.5) is 4.79 Å². The van der Waals surface area contributed by atoms with Crippen molar-refractivity contribution < 1.29 is 14.6 Å². The highest BCUT2D eigenvalue weighted by Gasteiger charge is 2.15. The summed E-state index contributed by atoms with van der Waals surface area (Å²) in [5.74, 6) is 0. The predicted octanol–water partition coefficient (Wildman–Crippen LogP) is 2.31. The Labute approximate surface area is 171 Å².